The molecule has 1 aliphatic heterocycles. The fourth-order valence-corrected chi connectivity index (χ4v) is 3.62. The molecule has 0 saturated heterocycles. The molecule has 1 unspecified atom stereocenters. The Morgan fingerprint density at radius 2 is 2.36 bits per heavy atom. The van der Waals surface area contributed by atoms with E-state index in [-0.39, 0.29) is 11.9 Å². The number of nitrogens with zero attached hydrogens (tertiary/aromatic N) is 4. The molecule has 6 nitrogen and oxygen atoms in total. The van der Waals surface area contributed by atoms with E-state index in [4.69, 9.17) is 0 Å². The van der Waals surface area contributed by atoms with Crippen molar-refractivity contribution in [3.05, 3.63) is 40.9 Å². The summed E-state index contributed by atoms with van der Waals surface area (Å²) in [5.74, 6) is -0.0630. The van der Waals surface area contributed by atoms with Gasteiger partial charge in [0.15, 0.2) is 4.96 Å². The van der Waals surface area contributed by atoms with Gasteiger partial charge >= 0.3 is 0 Å². The average molecular weight is 315 g/mol. The second kappa shape index (κ2) is 5.24. The van der Waals surface area contributed by atoms with E-state index in [1.807, 2.05) is 33.8 Å². The summed E-state index contributed by atoms with van der Waals surface area (Å²) in [6.07, 6.45) is 8.81. The maximum atomic E-state index is 12.5. The molecule has 3 aromatic rings. The molecule has 0 aromatic carbocycles. The third kappa shape index (κ3) is 2.21. The fraction of sp³-hybridized carbons (Fsp3) is 0.400. The molecule has 0 bridgehead atoms. The number of aromatic nitrogens is 4. The Bertz CT molecular complexity index is 802. The van der Waals surface area contributed by atoms with Gasteiger partial charge in [0.05, 0.1) is 29.2 Å². The Kier molecular flexibility index (Phi) is 3.22. The molecule has 1 aliphatic rings. The van der Waals surface area contributed by atoms with Gasteiger partial charge in [-0.25, -0.2) is 4.98 Å². The van der Waals surface area contributed by atoms with Crippen LogP contribution >= 0.6 is 11.3 Å². The van der Waals surface area contributed by atoms with Gasteiger partial charge in [0.25, 0.3) is 5.91 Å². The summed E-state index contributed by atoms with van der Waals surface area (Å²) in [5.41, 5.74) is 2.63. The summed E-state index contributed by atoms with van der Waals surface area (Å²) in [5, 5.41) is 9.35. The highest BCUT2D eigenvalue weighted by molar-refractivity contribution is 7.15. The highest BCUT2D eigenvalue weighted by Crippen LogP contribution is 2.20. The molecule has 1 amide bonds. The van der Waals surface area contributed by atoms with Crippen molar-refractivity contribution in [2.24, 2.45) is 0 Å². The van der Waals surface area contributed by atoms with E-state index in [0.717, 1.165) is 42.2 Å². The minimum atomic E-state index is -0.126. The maximum Gasteiger partial charge on any atom is 0.255 e. The van der Waals surface area contributed by atoms with E-state index in [1.54, 1.807) is 17.5 Å². The zero-order valence-electron chi connectivity index (χ0n) is 12.3. The Morgan fingerprint density at radius 1 is 1.45 bits per heavy atom. The number of hydrogen-bond donors (Lipinski definition) is 1. The van der Waals surface area contributed by atoms with Gasteiger partial charge in [0.2, 0.25) is 0 Å². The van der Waals surface area contributed by atoms with E-state index in [1.165, 1.54) is 0 Å². The highest BCUT2D eigenvalue weighted by Gasteiger charge is 2.22. The number of nitrogens with one attached hydrogen (secondary N) is 1. The second-order valence-corrected chi connectivity index (χ2v) is 6.51. The molecule has 0 fully saturated rings. The molecule has 4 rings (SSSR count). The van der Waals surface area contributed by atoms with Gasteiger partial charge in [0, 0.05) is 24.3 Å². The molecule has 114 valence electrons. The lowest BCUT2D eigenvalue weighted by Gasteiger charge is -2.15. The quantitative estimate of drug-likeness (QED) is 0.807. The Labute approximate surface area is 131 Å². The SMILES string of the molecule is CC(NC(=O)c1cnn2c1CCCC2)c1cn2ccsc2n1. The molecular weight excluding hydrogens is 298 g/mol. The lowest BCUT2D eigenvalue weighted by molar-refractivity contribution is 0.0938. The van der Waals surface area contributed by atoms with E-state index in [2.05, 4.69) is 15.4 Å². The molecular formula is C15H17N5OS. The normalized spacial score (nSPS) is 15.7. The predicted octanol–water partition coefficient (Wildman–Crippen LogP) is 2.42. The van der Waals surface area contributed by atoms with Gasteiger partial charge < -0.3 is 5.32 Å². The van der Waals surface area contributed by atoms with Crippen molar-refractivity contribution in [3.63, 3.8) is 0 Å². The molecule has 0 spiro atoms. The van der Waals surface area contributed by atoms with E-state index in [0.29, 0.717) is 5.56 Å². The van der Waals surface area contributed by atoms with Gasteiger partial charge in [-0.05, 0) is 26.2 Å². The Hall–Kier alpha value is -2.15. The number of amides is 1. The number of hydrogen-bond acceptors (Lipinski definition) is 4. The van der Waals surface area contributed by atoms with Crippen LogP contribution in [0.1, 0.15) is 47.6 Å². The number of aryl methyl sites for hydroxylation is 1. The van der Waals surface area contributed by atoms with Gasteiger partial charge in [-0.3, -0.25) is 13.9 Å². The van der Waals surface area contributed by atoms with Crippen LogP contribution in [0.15, 0.2) is 24.0 Å². The van der Waals surface area contributed by atoms with Crippen LogP contribution in [0, 0.1) is 0 Å². The molecule has 7 heteroatoms. The molecule has 0 radical (unpaired) electrons. The molecule has 22 heavy (non-hydrogen) atoms. The van der Waals surface area contributed by atoms with E-state index in [9.17, 15) is 4.79 Å². The third-order valence-corrected chi connectivity index (χ3v) is 4.90. The van der Waals surface area contributed by atoms with Gasteiger partial charge in [0.1, 0.15) is 0 Å². The number of carbonyl (C=O) groups is 1. The number of thiazole rings is 1. The fourth-order valence-electron chi connectivity index (χ4n) is 2.91. The number of imidazole rings is 1. The molecule has 4 heterocycles. The molecule has 1 atom stereocenters. The topological polar surface area (TPSA) is 64.2 Å². The van der Waals surface area contributed by atoms with Crippen LogP contribution in [0.25, 0.3) is 4.96 Å². The van der Waals surface area contributed by atoms with Crippen LogP contribution < -0.4 is 5.32 Å². The Morgan fingerprint density at radius 3 is 3.23 bits per heavy atom. The summed E-state index contributed by atoms with van der Waals surface area (Å²) in [7, 11) is 0. The highest BCUT2D eigenvalue weighted by atomic mass is 32.1. The lowest BCUT2D eigenvalue weighted by atomic mass is 10.1. The smallest absolute Gasteiger partial charge is 0.255 e. The summed E-state index contributed by atoms with van der Waals surface area (Å²) in [4.78, 5) is 18.0. The van der Waals surface area contributed by atoms with Crippen LogP contribution in [0.3, 0.4) is 0 Å². The van der Waals surface area contributed by atoms with Gasteiger partial charge in [-0.2, -0.15) is 5.10 Å². The molecule has 0 saturated carbocycles. The van der Waals surface area contributed by atoms with Crippen molar-refractivity contribution in [1.29, 1.82) is 0 Å². The first kappa shape index (κ1) is 13.5. The van der Waals surface area contributed by atoms with Crippen molar-refractivity contribution < 1.29 is 4.79 Å². The molecule has 1 N–H and O–H groups in total. The molecule has 0 aliphatic carbocycles. The predicted molar refractivity (Wildman–Crippen MR) is 84.1 cm³/mol. The minimum Gasteiger partial charge on any atom is -0.344 e. The van der Waals surface area contributed by atoms with Crippen molar-refractivity contribution >= 4 is 22.2 Å². The van der Waals surface area contributed by atoms with Gasteiger partial charge in [-0.15, -0.1) is 11.3 Å². The third-order valence-electron chi connectivity index (χ3n) is 4.13. The van der Waals surface area contributed by atoms with Crippen molar-refractivity contribution in [3.8, 4) is 0 Å². The van der Waals surface area contributed by atoms with Crippen LogP contribution in [-0.4, -0.2) is 25.1 Å². The van der Waals surface area contributed by atoms with E-state index < -0.39 is 0 Å². The van der Waals surface area contributed by atoms with Crippen LogP contribution in [-0.2, 0) is 13.0 Å². The van der Waals surface area contributed by atoms with Gasteiger partial charge in [-0.1, -0.05) is 0 Å². The average Bonchev–Trinajstić information content (AvgIpc) is 3.20. The minimum absolute atomic E-state index is 0.0630. The molecule has 3 aromatic heterocycles. The first-order chi connectivity index (χ1) is 10.7. The van der Waals surface area contributed by atoms with Crippen LogP contribution in [0.4, 0.5) is 0 Å². The van der Waals surface area contributed by atoms with Crippen LogP contribution in [0.2, 0.25) is 0 Å². The number of carbonyl (C=O) groups excluding carboxylic acids is 1. The monoisotopic (exact) mass is 315 g/mol. The summed E-state index contributed by atoms with van der Waals surface area (Å²) in [6, 6.07) is -0.126. The van der Waals surface area contributed by atoms with E-state index >= 15 is 0 Å². The van der Waals surface area contributed by atoms with Crippen molar-refractivity contribution in [2.75, 3.05) is 0 Å². The second-order valence-electron chi connectivity index (χ2n) is 5.64. The maximum absolute atomic E-state index is 12.5. The lowest BCUT2D eigenvalue weighted by Crippen LogP contribution is -2.28. The van der Waals surface area contributed by atoms with Crippen molar-refractivity contribution in [1.82, 2.24) is 24.5 Å². The largest absolute Gasteiger partial charge is 0.344 e. The number of fused-ring (bicyclic) bond motifs is 2. The standard InChI is InChI=1S/C15H17N5OS/c1-10(12-9-19-6-7-22-15(19)18-12)17-14(21)11-8-16-20-5-3-2-4-13(11)20/h6-10H,2-5H2,1H3,(H,17,21). The van der Waals surface area contributed by atoms with Crippen molar-refractivity contribution in [2.45, 2.75) is 38.8 Å². The first-order valence-corrected chi connectivity index (χ1v) is 8.38. The van der Waals surface area contributed by atoms with Crippen LogP contribution in [0.5, 0.6) is 0 Å². The summed E-state index contributed by atoms with van der Waals surface area (Å²) >= 11 is 1.59. The zero-order valence-corrected chi connectivity index (χ0v) is 13.1. The summed E-state index contributed by atoms with van der Waals surface area (Å²) < 4.78 is 3.93. The summed E-state index contributed by atoms with van der Waals surface area (Å²) in [6.45, 7) is 2.87. The first-order valence-electron chi connectivity index (χ1n) is 7.50. The zero-order chi connectivity index (χ0) is 15.1. The Balaban J connectivity index is 1.53. The number of rotatable bonds is 3.